The van der Waals surface area contributed by atoms with Gasteiger partial charge in [-0.05, 0) is 43.3 Å². The van der Waals surface area contributed by atoms with E-state index in [9.17, 15) is 9.18 Å². The molecule has 1 heterocycles. The Morgan fingerprint density at radius 3 is 2.41 bits per heavy atom. The second-order valence-corrected chi connectivity index (χ2v) is 5.01. The van der Waals surface area contributed by atoms with Crippen LogP contribution in [-0.2, 0) is 6.67 Å². The van der Waals surface area contributed by atoms with Crippen molar-refractivity contribution in [3.05, 3.63) is 82.5 Å². The zero-order valence-corrected chi connectivity index (χ0v) is 12.2. The van der Waals surface area contributed by atoms with E-state index in [1.54, 1.807) is 22.9 Å². The summed E-state index contributed by atoms with van der Waals surface area (Å²) >= 11 is 0. The van der Waals surface area contributed by atoms with Crippen LogP contribution < -0.4 is 10.9 Å². The first kappa shape index (κ1) is 14.1. The van der Waals surface area contributed by atoms with Gasteiger partial charge in [0.25, 0.3) is 5.56 Å². The third-order valence-electron chi connectivity index (χ3n) is 3.47. The summed E-state index contributed by atoms with van der Waals surface area (Å²) in [7, 11) is 0. The van der Waals surface area contributed by atoms with E-state index in [4.69, 9.17) is 0 Å². The molecule has 0 radical (unpaired) electrons. The average molecular weight is 297 g/mol. The van der Waals surface area contributed by atoms with Crippen molar-refractivity contribution < 1.29 is 4.39 Å². The predicted octanol–water partition coefficient (Wildman–Crippen LogP) is 3.16. The summed E-state index contributed by atoms with van der Waals surface area (Å²) in [6.45, 7) is 2.29. The van der Waals surface area contributed by atoms with Gasteiger partial charge in [0.05, 0.1) is 5.69 Å². The molecule has 0 amide bonds. The first-order chi connectivity index (χ1) is 10.6. The molecule has 0 fully saturated rings. The standard InChI is InChI=1S/C17H16FN3O/c1-13-11-17(22)21(16-5-3-2-4-6-16)20(13)12-19-15-9-7-14(18)8-10-15/h2-11,19H,12H2,1H3. The van der Waals surface area contributed by atoms with E-state index in [2.05, 4.69) is 5.32 Å². The number of rotatable bonds is 4. The van der Waals surface area contributed by atoms with E-state index < -0.39 is 0 Å². The summed E-state index contributed by atoms with van der Waals surface area (Å²) in [5.74, 6) is -0.274. The molecule has 4 nitrogen and oxygen atoms in total. The van der Waals surface area contributed by atoms with Gasteiger partial charge in [-0.3, -0.25) is 9.48 Å². The highest BCUT2D eigenvalue weighted by molar-refractivity contribution is 5.42. The third kappa shape index (κ3) is 2.79. The SMILES string of the molecule is Cc1cc(=O)n(-c2ccccc2)n1CNc1ccc(F)cc1. The molecular weight excluding hydrogens is 281 g/mol. The lowest BCUT2D eigenvalue weighted by atomic mass is 10.3. The largest absolute Gasteiger partial charge is 0.366 e. The van der Waals surface area contributed by atoms with Gasteiger partial charge in [0.1, 0.15) is 12.5 Å². The molecule has 0 aliphatic carbocycles. The van der Waals surface area contributed by atoms with Crippen LogP contribution in [0.15, 0.2) is 65.5 Å². The highest BCUT2D eigenvalue weighted by Crippen LogP contribution is 2.11. The van der Waals surface area contributed by atoms with Crippen LogP contribution >= 0.6 is 0 Å². The minimum absolute atomic E-state index is 0.0791. The van der Waals surface area contributed by atoms with E-state index in [0.29, 0.717) is 6.67 Å². The molecule has 0 atom stereocenters. The third-order valence-corrected chi connectivity index (χ3v) is 3.47. The van der Waals surface area contributed by atoms with Crippen LogP contribution in [-0.4, -0.2) is 9.36 Å². The van der Waals surface area contributed by atoms with E-state index >= 15 is 0 Å². The van der Waals surface area contributed by atoms with Crippen molar-refractivity contribution in [3.8, 4) is 5.69 Å². The smallest absolute Gasteiger partial charge is 0.271 e. The van der Waals surface area contributed by atoms with E-state index in [1.165, 1.54) is 12.1 Å². The minimum atomic E-state index is -0.274. The highest BCUT2D eigenvalue weighted by Gasteiger charge is 2.09. The number of nitrogens with one attached hydrogen (secondary N) is 1. The lowest BCUT2D eigenvalue weighted by molar-refractivity contribution is 0.567. The topological polar surface area (TPSA) is 39.0 Å². The lowest BCUT2D eigenvalue weighted by Gasteiger charge is -2.15. The normalized spacial score (nSPS) is 10.6. The molecule has 3 rings (SSSR count). The molecule has 0 spiro atoms. The molecule has 1 aromatic heterocycles. The van der Waals surface area contributed by atoms with Crippen LogP contribution in [0.25, 0.3) is 5.69 Å². The van der Waals surface area contributed by atoms with Crippen LogP contribution in [0.3, 0.4) is 0 Å². The number of anilines is 1. The average Bonchev–Trinajstić information content (AvgIpc) is 2.81. The monoisotopic (exact) mass is 297 g/mol. The molecule has 0 aliphatic heterocycles. The molecule has 0 aliphatic rings. The van der Waals surface area contributed by atoms with Crippen molar-refractivity contribution >= 4 is 5.69 Å². The molecule has 1 N–H and O–H groups in total. The summed E-state index contributed by atoms with van der Waals surface area (Å²) in [5.41, 5.74) is 2.37. The quantitative estimate of drug-likeness (QED) is 0.803. The molecule has 5 heteroatoms. The molecule has 0 bridgehead atoms. The van der Waals surface area contributed by atoms with Crippen molar-refractivity contribution in [1.29, 1.82) is 0 Å². The van der Waals surface area contributed by atoms with E-state index in [1.807, 2.05) is 41.9 Å². The van der Waals surface area contributed by atoms with Crippen molar-refractivity contribution in [2.75, 3.05) is 5.32 Å². The highest BCUT2D eigenvalue weighted by atomic mass is 19.1. The first-order valence-corrected chi connectivity index (χ1v) is 6.99. The second kappa shape index (κ2) is 5.89. The van der Waals surface area contributed by atoms with Crippen LogP contribution in [0.2, 0.25) is 0 Å². The molecule has 22 heavy (non-hydrogen) atoms. The summed E-state index contributed by atoms with van der Waals surface area (Å²) in [6.07, 6.45) is 0. The Hall–Kier alpha value is -2.82. The fourth-order valence-corrected chi connectivity index (χ4v) is 2.36. The maximum absolute atomic E-state index is 12.9. The molecule has 2 aromatic carbocycles. The van der Waals surface area contributed by atoms with Gasteiger partial charge in [-0.2, -0.15) is 0 Å². The molecule has 0 saturated heterocycles. The number of hydrogen-bond acceptors (Lipinski definition) is 2. The van der Waals surface area contributed by atoms with Crippen molar-refractivity contribution in [1.82, 2.24) is 9.36 Å². The number of benzene rings is 2. The number of halogens is 1. The minimum Gasteiger partial charge on any atom is -0.366 e. The van der Waals surface area contributed by atoms with E-state index in [0.717, 1.165) is 17.1 Å². The van der Waals surface area contributed by atoms with Gasteiger partial charge >= 0.3 is 0 Å². The second-order valence-electron chi connectivity index (χ2n) is 5.01. The first-order valence-electron chi connectivity index (χ1n) is 6.99. The van der Waals surface area contributed by atoms with Gasteiger partial charge < -0.3 is 5.32 Å². The summed E-state index contributed by atoms with van der Waals surface area (Å²) in [5, 5.41) is 3.19. The van der Waals surface area contributed by atoms with Gasteiger partial charge in [-0.25, -0.2) is 9.07 Å². The number of aromatic nitrogens is 2. The van der Waals surface area contributed by atoms with Gasteiger partial charge in [-0.1, -0.05) is 18.2 Å². The van der Waals surface area contributed by atoms with Crippen LogP contribution in [0.1, 0.15) is 5.69 Å². The molecular formula is C17H16FN3O. The van der Waals surface area contributed by atoms with Crippen LogP contribution in [0, 0.1) is 12.7 Å². The number of aryl methyl sites for hydroxylation is 1. The summed E-state index contributed by atoms with van der Waals surface area (Å²) in [6, 6.07) is 17.2. The molecule has 0 unspecified atom stereocenters. The maximum atomic E-state index is 12.9. The van der Waals surface area contributed by atoms with E-state index in [-0.39, 0.29) is 11.4 Å². The Morgan fingerprint density at radius 1 is 1.05 bits per heavy atom. The van der Waals surface area contributed by atoms with Crippen molar-refractivity contribution in [2.45, 2.75) is 13.6 Å². The Kier molecular flexibility index (Phi) is 3.78. The fourth-order valence-electron chi connectivity index (χ4n) is 2.36. The molecule has 112 valence electrons. The molecule has 0 saturated carbocycles. The van der Waals surface area contributed by atoms with Crippen molar-refractivity contribution in [2.24, 2.45) is 0 Å². The predicted molar refractivity (Wildman–Crippen MR) is 84.8 cm³/mol. The van der Waals surface area contributed by atoms with Gasteiger partial charge in [0.2, 0.25) is 0 Å². The van der Waals surface area contributed by atoms with Crippen molar-refractivity contribution in [3.63, 3.8) is 0 Å². The zero-order valence-electron chi connectivity index (χ0n) is 12.2. The summed E-state index contributed by atoms with van der Waals surface area (Å²) < 4.78 is 16.4. The van der Waals surface area contributed by atoms with Crippen LogP contribution in [0.5, 0.6) is 0 Å². The van der Waals surface area contributed by atoms with Gasteiger partial charge in [-0.15, -0.1) is 0 Å². The lowest BCUT2D eigenvalue weighted by Crippen LogP contribution is -2.24. The Labute approximate surface area is 127 Å². The number of para-hydroxylation sites is 1. The number of nitrogens with zero attached hydrogens (tertiary/aromatic N) is 2. The fraction of sp³-hybridized carbons (Fsp3) is 0.118. The Balaban J connectivity index is 1.91. The van der Waals surface area contributed by atoms with Crippen LogP contribution in [0.4, 0.5) is 10.1 Å². The maximum Gasteiger partial charge on any atom is 0.271 e. The van der Waals surface area contributed by atoms with Gasteiger partial charge in [0, 0.05) is 17.4 Å². The number of hydrogen-bond donors (Lipinski definition) is 1. The van der Waals surface area contributed by atoms with Gasteiger partial charge in [0.15, 0.2) is 0 Å². The Bertz CT molecular complexity index is 819. The Morgan fingerprint density at radius 2 is 1.73 bits per heavy atom. The zero-order chi connectivity index (χ0) is 15.5. The summed E-state index contributed by atoms with van der Waals surface area (Å²) in [4.78, 5) is 12.2. The molecule has 3 aromatic rings.